The molecule has 8 heteroatoms. The van der Waals surface area contributed by atoms with Gasteiger partial charge in [0.15, 0.2) is 11.6 Å². The fourth-order valence-corrected chi connectivity index (χ4v) is 1.74. The van der Waals surface area contributed by atoms with Crippen LogP contribution in [0.15, 0.2) is 11.2 Å². The van der Waals surface area contributed by atoms with Gasteiger partial charge in [-0.15, -0.1) is 0 Å². The number of aliphatic imine (C=N–C) groups is 1. The summed E-state index contributed by atoms with van der Waals surface area (Å²) in [5.41, 5.74) is 5.46. The van der Waals surface area contributed by atoms with E-state index in [0.717, 1.165) is 0 Å². The molecule has 0 spiro atoms. The number of aromatic nitrogens is 2. The Hall–Kier alpha value is -2.22. The summed E-state index contributed by atoms with van der Waals surface area (Å²) in [4.78, 5) is 25.3. The third-order valence-corrected chi connectivity index (χ3v) is 2.63. The second kappa shape index (κ2) is 4.22. The van der Waals surface area contributed by atoms with Gasteiger partial charge in [-0.3, -0.25) is 0 Å². The highest BCUT2D eigenvalue weighted by Gasteiger charge is 2.33. The number of rotatable bonds is 2. The average Bonchev–Trinajstić information content (AvgIpc) is 2.79. The first-order valence-corrected chi connectivity index (χ1v) is 5.48. The van der Waals surface area contributed by atoms with Gasteiger partial charge in [0.2, 0.25) is 5.95 Å². The molecule has 1 amide bonds. The van der Waals surface area contributed by atoms with E-state index in [9.17, 15) is 4.79 Å². The molecule has 0 aromatic carbocycles. The molecule has 2 aliphatic heterocycles. The largest absolute Gasteiger partial charge is 0.482 e. The number of fused-ring (bicyclic) bond motifs is 1. The zero-order valence-corrected chi connectivity index (χ0v) is 9.44. The van der Waals surface area contributed by atoms with Gasteiger partial charge in [-0.05, 0) is 0 Å². The molecule has 0 radical (unpaired) electrons. The lowest BCUT2D eigenvalue weighted by Gasteiger charge is -2.14. The maximum absolute atomic E-state index is 11.6. The molecule has 18 heavy (non-hydrogen) atoms. The van der Waals surface area contributed by atoms with Crippen molar-refractivity contribution in [3.8, 4) is 5.75 Å². The number of ether oxygens (including phenoxy) is 2. The van der Waals surface area contributed by atoms with Crippen LogP contribution in [0.2, 0.25) is 0 Å². The maximum Gasteiger partial charge on any atom is 0.417 e. The fourth-order valence-electron chi connectivity index (χ4n) is 1.74. The number of hydrogen-bond donors (Lipinski definition) is 1. The molecule has 1 fully saturated rings. The van der Waals surface area contributed by atoms with E-state index in [0.29, 0.717) is 24.7 Å². The van der Waals surface area contributed by atoms with Crippen LogP contribution in [0.4, 0.5) is 16.6 Å². The third-order valence-electron chi connectivity index (χ3n) is 2.63. The first kappa shape index (κ1) is 10.9. The Bertz CT molecular complexity index is 518. The van der Waals surface area contributed by atoms with Crippen LogP contribution >= 0.6 is 0 Å². The molecule has 94 valence electrons. The highest BCUT2D eigenvalue weighted by molar-refractivity contribution is 5.88. The minimum atomic E-state index is -0.494. The molecule has 8 nitrogen and oxygen atoms in total. The minimum Gasteiger partial charge on any atom is -0.482 e. The zero-order chi connectivity index (χ0) is 12.5. The van der Waals surface area contributed by atoms with Crippen LogP contribution in [-0.2, 0) is 4.74 Å². The predicted molar refractivity (Wildman–Crippen MR) is 62.3 cm³/mol. The number of cyclic esters (lactones) is 1. The van der Waals surface area contributed by atoms with Crippen LogP contribution in [0.1, 0.15) is 0 Å². The summed E-state index contributed by atoms with van der Waals surface area (Å²) < 4.78 is 10.3. The molecule has 2 aliphatic rings. The zero-order valence-electron chi connectivity index (χ0n) is 9.44. The Labute approximate surface area is 102 Å². The van der Waals surface area contributed by atoms with E-state index in [1.807, 2.05) is 0 Å². The van der Waals surface area contributed by atoms with Crippen molar-refractivity contribution in [2.45, 2.75) is 6.10 Å². The molecule has 1 saturated heterocycles. The number of carbonyl (C=O) groups is 1. The first-order valence-electron chi connectivity index (χ1n) is 5.48. The lowest BCUT2D eigenvalue weighted by molar-refractivity contribution is 0.145. The maximum atomic E-state index is 11.6. The highest BCUT2D eigenvalue weighted by atomic mass is 16.6. The minimum absolute atomic E-state index is 0.248. The second-order valence-electron chi connectivity index (χ2n) is 3.83. The predicted octanol–water partition coefficient (Wildman–Crippen LogP) is -0.145. The van der Waals surface area contributed by atoms with Crippen molar-refractivity contribution in [1.29, 1.82) is 0 Å². The van der Waals surface area contributed by atoms with E-state index in [2.05, 4.69) is 15.0 Å². The summed E-state index contributed by atoms with van der Waals surface area (Å²) in [5.74, 6) is 1.16. The van der Waals surface area contributed by atoms with Crippen LogP contribution in [0.5, 0.6) is 5.75 Å². The van der Waals surface area contributed by atoms with Crippen molar-refractivity contribution in [1.82, 2.24) is 9.97 Å². The number of nitrogens with zero attached hydrogens (tertiary/aromatic N) is 4. The summed E-state index contributed by atoms with van der Waals surface area (Å²) in [6, 6.07) is 0. The van der Waals surface area contributed by atoms with Crippen molar-refractivity contribution >= 4 is 24.1 Å². The first-order chi connectivity index (χ1) is 8.78. The van der Waals surface area contributed by atoms with Crippen molar-refractivity contribution in [3.05, 3.63) is 6.20 Å². The molecule has 2 N–H and O–H groups in total. The smallest absolute Gasteiger partial charge is 0.417 e. The average molecular weight is 249 g/mol. The van der Waals surface area contributed by atoms with Crippen molar-refractivity contribution in [2.75, 3.05) is 24.6 Å². The van der Waals surface area contributed by atoms with Crippen molar-refractivity contribution in [2.24, 2.45) is 10.7 Å². The number of carbonyl (C=O) groups excluding carboxylic acids is 1. The van der Waals surface area contributed by atoms with Gasteiger partial charge in [-0.1, -0.05) is 0 Å². The number of anilines is 1. The molecule has 0 bridgehead atoms. The Balaban J connectivity index is 1.89. The summed E-state index contributed by atoms with van der Waals surface area (Å²) >= 11 is 0. The van der Waals surface area contributed by atoms with Gasteiger partial charge in [0.1, 0.15) is 12.7 Å². The molecule has 1 atom stereocenters. The van der Waals surface area contributed by atoms with E-state index in [4.69, 9.17) is 15.2 Å². The molecule has 1 aromatic rings. The molecular weight excluding hydrogens is 238 g/mol. The van der Waals surface area contributed by atoms with Crippen LogP contribution in [0.25, 0.3) is 0 Å². The number of amides is 1. The van der Waals surface area contributed by atoms with Crippen LogP contribution in [0.3, 0.4) is 0 Å². The van der Waals surface area contributed by atoms with Crippen molar-refractivity contribution in [3.63, 3.8) is 0 Å². The van der Waals surface area contributed by atoms with Gasteiger partial charge in [0.25, 0.3) is 0 Å². The SMILES string of the molecule is NC[C@H]1CN(c2ncc3c(n2)N=CCO3)C(=O)O1. The Kier molecular flexibility index (Phi) is 2.56. The Morgan fingerprint density at radius 2 is 2.44 bits per heavy atom. The van der Waals surface area contributed by atoms with Crippen LogP contribution in [-0.4, -0.2) is 48.1 Å². The van der Waals surface area contributed by atoms with Crippen LogP contribution in [0, 0.1) is 0 Å². The van der Waals surface area contributed by atoms with Crippen molar-refractivity contribution < 1.29 is 14.3 Å². The number of nitrogens with two attached hydrogens (primary N) is 1. The van der Waals surface area contributed by atoms with E-state index in [1.54, 1.807) is 6.21 Å². The standard InChI is InChI=1S/C10H11N5O3/c11-3-6-5-15(10(16)18-6)9-13-4-7-8(14-9)12-1-2-17-7/h1,4,6H,2-3,5,11H2/t6-/m0/s1. The summed E-state index contributed by atoms with van der Waals surface area (Å²) in [7, 11) is 0. The topological polar surface area (TPSA) is 103 Å². The molecule has 0 aliphatic carbocycles. The fraction of sp³-hybridized carbons (Fsp3) is 0.400. The van der Waals surface area contributed by atoms with Gasteiger partial charge in [-0.25, -0.2) is 19.7 Å². The van der Waals surface area contributed by atoms with Gasteiger partial charge in [0, 0.05) is 12.8 Å². The summed E-state index contributed by atoms with van der Waals surface area (Å²) in [6.07, 6.45) is 2.28. The quantitative estimate of drug-likeness (QED) is 0.782. The second-order valence-corrected chi connectivity index (χ2v) is 3.83. The summed E-state index contributed by atoms with van der Waals surface area (Å²) in [6.45, 7) is 1.02. The molecule has 3 heterocycles. The summed E-state index contributed by atoms with van der Waals surface area (Å²) in [5, 5.41) is 0. The molecule has 0 saturated carbocycles. The Morgan fingerprint density at radius 3 is 3.22 bits per heavy atom. The van der Waals surface area contributed by atoms with Gasteiger partial charge in [0.05, 0.1) is 12.7 Å². The van der Waals surface area contributed by atoms with Gasteiger partial charge >= 0.3 is 6.09 Å². The van der Waals surface area contributed by atoms with E-state index in [-0.39, 0.29) is 18.6 Å². The number of hydrogen-bond acceptors (Lipinski definition) is 7. The van der Waals surface area contributed by atoms with Gasteiger partial charge < -0.3 is 15.2 Å². The lowest BCUT2D eigenvalue weighted by Crippen LogP contribution is -2.28. The van der Waals surface area contributed by atoms with E-state index < -0.39 is 6.09 Å². The third kappa shape index (κ3) is 1.76. The van der Waals surface area contributed by atoms with Gasteiger partial charge in [-0.2, -0.15) is 4.98 Å². The molecular formula is C10H11N5O3. The molecule has 1 aromatic heterocycles. The molecule has 0 unspecified atom stereocenters. The van der Waals surface area contributed by atoms with Crippen LogP contribution < -0.4 is 15.4 Å². The Morgan fingerprint density at radius 1 is 1.56 bits per heavy atom. The highest BCUT2D eigenvalue weighted by Crippen LogP contribution is 2.29. The van der Waals surface area contributed by atoms with E-state index >= 15 is 0 Å². The monoisotopic (exact) mass is 249 g/mol. The normalized spacial score (nSPS) is 21.5. The van der Waals surface area contributed by atoms with E-state index in [1.165, 1.54) is 11.1 Å². The molecule has 3 rings (SSSR count). The lowest BCUT2D eigenvalue weighted by atomic mass is 10.3.